The molecule has 1 saturated carbocycles. The molecule has 6 nitrogen and oxygen atoms in total. The average Bonchev–Trinajstić information content (AvgIpc) is 2.60. The molecule has 2 rings (SSSR count). The summed E-state index contributed by atoms with van der Waals surface area (Å²) < 4.78 is 10.3. The fourth-order valence-electron chi connectivity index (χ4n) is 3.98. The van der Waals surface area contributed by atoms with E-state index in [1.54, 1.807) is 13.8 Å². The minimum atomic E-state index is -1.62. The molecule has 0 amide bonds. The predicted molar refractivity (Wildman–Crippen MR) is 104 cm³/mol. The van der Waals surface area contributed by atoms with E-state index in [0.717, 1.165) is 5.56 Å². The third kappa shape index (κ3) is 4.43. The Hall–Kier alpha value is -2.21. The molecule has 0 saturated heterocycles. The van der Waals surface area contributed by atoms with Gasteiger partial charge in [-0.25, -0.2) is 0 Å². The van der Waals surface area contributed by atoms with Gasteiger partial charge in [0.15, 0.2) is 5.78 Å². The van der Waals surface area contributed by atoms with Gasteiger partial charge >= 0.3 is 11.9 Å². The number of aliphatic hydroxyl groups is 1. The standard InChI is InChI=1S/C22H30O6/c1-6-27-20(24)18-16(23)12-22(5,26)19(21(25)28-7-2)17(18)15-10-8-14(9-11-15)13(3)4/h8-11,13,17-19,26H,6-7,12H2,1-5H3/t17-,18+,19+,22-/m1/s1. The fourth-order valence-corrected chi connectivity index (χ4v) is 3.98. The van der Waals surface area contributed by atoms with Crippen LogP contribution in [-0.4, -0.2) is 41.6 Å². The summed E-state index contributed by atoms with van der Waals surface area (Å²) in [5.74, 6) is -4.46. The van der Waals surface area contributed by atoms with Crippen molar-refractivity contribution in [2.75, 3.05) is 13.2 Å². The Morgan fingerprint density at radius 3 is 2.14 bits per heavy atom. The molecule has 0 bridgehead atoms. The third-order valence-corrected chi connectivity index (χ3v) is 5.34. The molecule has 28 heavy (non-hydrogen) atoms. The molecule has 0 unspecified atom stereocenters. The Morgan fingerprint density at radius 2 is 1.64 bits per heavy atom. The van der Waals surface area contributed by atoms with Crippen LogP contribution in [-0.2, 0) is 23.9 Å². The summed E-state index contributed by atoms with van der Waals surface area (Å²) in [4.78, 5) is 38.2. The van der Waals surface area contributed by atoms with E-state index in [-0.39, 0.29) is 19.6 Å². The van der Waals surface area contributed by atoms with Gasteiger partial charge in [0.05, 0.1) is 24.7 Å². The largest absolute Gasteiger partial charge is 0.466 e. The maximum Gasteiger partial charge on any atom is 0.317 e. The van der Waals surface area contributed by atoms with Crippen LogP contribution < -0.4 is 0 Å². The molecule has 0 aromatic heterocycles. The van der Waals surface area contributed by atoms with Crippen LogP contribution in [0.25, 0.3) is 0 Å². The molecule has 1 fully saturated rings. The number of carbonyl (C=O) groups is 3. The molecule has 154 valence electrons. The number of ether oxygens (including phenoxy) is 2. The number of esters is 2. The lowest BCUT2D eigenvalue weighted by Crippen LogP contribution is -2.55. The summed E-state index contributed by atoms with van der Waals surface area (Å²) in [5.41, 5.74) is 0.111. The lowest BCUT2D eigenvalue weighted by atomic mass is 9.61. The molecule has 1 N–H and O–H groups in total. The van der Waals surface area contributed by atoms with Crippen molar-refractivity contribution in [3.63, 3.8) is 0 Å². The van der Waals surface area contributed by atoms with Crippen molar-refractivity contribution in [2.45, 2.75) is 58.5 Å². The molecular weight excluding hydrogens is 360 g/mol. The smallest absolute Gasteiger partial charge is 0.317 e. The van der Waals surface area contributed by atoms with Gasteiger partial charge < -0.3 is 14.6 Å². The quantitative estimate of drug-likeness (QED) is 0.593. The van der Waals surface area contributed by atoms with Crippen LogP contribution in [0.1, 0.15) is 64.0 Å². The van der Waals surface area contributed by atoms with Gasteiger partial charge in [0, 0.05) is 12.3 Å². The minimum Gasteiger partial charge on any atom is -0.466 e. The third-order valence-electron chi connectivity index (χ3n) is 5.34. The van der Waals surface area contributed by atoms with E-state index in [1.165, 1.54) is 6.92 Å². The SMILES string of the molecule is CCOC(=O)[C@H]1C(=O)C[C@@](C)(O)[C@H](C(=O)OCC)[C@@H]1c1ccc(C(C)C)cc1. The fraction of sp³-hybridized carbons (Fsp3) is 0.591. The number of carbonyl (C=O) groups excluding carboxylic acids is 3. The van der Waals surface area contributed by atoms with Gasteiger partial charge in [-0.3, -0.25) is 14.4 Å². The minimum absolute atomic E-state index is 0.127. The van der Waals surface area contributed by atoms with Crippen molar-refractivity contribution in [1.82, 2.24) is 0 Å². The van der Waals surface area contributed by atoms with Gasteiger partial charge in [0.1, 0.15) is 5.92 Å². The number of benzene rings is 1. The van der Waals surface area contributed by atoms with E-state index in [9.17, 15) is 19.5 Å². The van der Waals surface area contributed by atoms with Crippen LogP contribution in [0, 0.1) is 11.8 Å². The molecule has 0 radical (unpaired) electrons. The Balaban J connectivity index is 2.59. The second-order valence-corrected chi connectivity index (χ2v) is 7.81. The average molecular weight is 390 g/mol. The van der Waals surface area contributed by atoms with Crippen LogP contribution >= 0.6 is 0 Å². The second-order valence-electron chi connectivity index (χ2n) is 7.81. The van der Waals surface area contributed by atoms with Gasteiger partial charge in [-0.2, -0.15) is 0 Å². The number of hydrogen-bond donors (Lipinski definition) is 1. The normalized spacial score (nSPS) is 27.5. The zero-order chi connectivity index (χ0) is 21.1. The highest BCUT2D eigenvalue weighted by atomic mass is 16.5. The molecular formula is C22H30O6. The molecule has 1 aromatic rings. The molecule has 0 heterocycles. The van der Waals surface area contributed by atoms with Crippen molar-refractivity contribution in [2.24, 2.45) is 11.8 Å². The zero-order valence-corrected chi connectivity index (χ0v) is 17.2. The lowest BCUT2D eigenvalue weighted by Gasteiger charge is -2.43. The highest BCUT2D eigenvalue weighted by Gasteiger charge is 2.57. The van der Waals surface area contributed by atoms with Crippen LogP contribution in [0.4, 0.5) is 0 Å². The van der Waals surface area contributed by atoms with Crippen molar-refractivity contribution in [1.29, 1.82) is 0 Å². The van der Waals surface area contributed by atoms with E-state index >= 15 is 0 Å². The number of ketones is 1. The number of rotatable bonds is 6. The molecule has 1 aromatic carbocycles. The molecule has 6 heteroatoms. The molecule has 0 spiro atoms. The first kappa shape index (κ1) is 22.1. The highest BCUT2D eigenvalue weighted by Crippen LogP contribution is 2.46. The maximum absolute atomic E-state index is 12.8. The molecule has 1 aliphatic carbocycles. The number of Topliss-reactive ketones (excluding diaryl/α,β-unsaturated/α-hetero) is 1. The highest BCUT2D eigenvalue weighted by molar-refractivity contribution is 6.02. The van der Waals surface area contributed by atoms with Crippen molar-refractivity contribution in [3.8, 4) is 0 Å². The van der Waals surface area contributed by atoms with E-state index in [4.69, 9.17) is 9.47 Å². The van der Waals surface area contributed by atoms with E-state index < -0.39 is 41.1 Å². The predicted octanol–water partition coefficient (Wildman–Crippen LogP) is 2.98. The van der Waals surface area contributed by atoms with Crippen molar-refractivity contribution < 1.29 is 29.0 Å². The molecule has 4 atom stereocenters. The Labute approximate surface area is 166 Å². The van der Waals surface area contributed by atoms with Crippen LogP contribution in [0.3, 0.4) is 0 Å². The van der Waals surface area contributed by atoms with Crippen LogP contribution in [0.15, 0.2) is 24.3 Å². The monoisotopic (exact) mass is 390 g/mol. The first-order chi connectivity index (χ1) is 13.1. The first-order valence-corrected chi connectivity index (χ1v) is 9.82. The Kier molecular flexibility index (Phi) is 6.99. The Morgan fingerprint density at radius 1 is 1.11 bits per heavy atom. The number of hydrogen-bond acceptors (Lipinski definition) is 6. The summed E-state index contributed by atoms with van der Waals surface area (Å²) in [7, 11) is 0. The summed E-state index contributed by atoms with van der Waals surface area (Å²) in [6.07, 6.45) is -0.305. The summed E-state index contributed by atoms with van der Waals surface area (Å²) in [5, 5.41) is 10.9. The summed E-state index contributed by atoms with van der Waals surface area (Å²) in [6.45, 7) is 9.18. The lowest BCUT2D eigenvalue weighted by molar-refractivity contribution is -0.172. The van der Waals surface area contributed by atoms with Crippen LogP contribution in [0.2, 0.25) is 0 Å². The van der Waals surface area contributed by atoms with Gasteiger partial charge in [-0.15, -0.1) is 0 Å². The maximum atomic E-state index is 12.8. The Bertz CT molecular complexity index is 719. The van der Waals surface area contributed by atoms with E-state index in [2.05, 4.69) is 13.8 Å². The van der Waals surface area contributed by atoms with Crippen LogP contribution in [0.5, 0.6) is 0 Å². The summed E-state index contributed by atoms with van der Waals surface area (Å²) in [6, 6.07) is 7.46. The van der Waals surface area contributed by atoms with Gasteiger partial charge in [0.25, 0.3) is 0 Å². The van der Waals surface area contributed by atoms with Gasteiger partial charge in [0.2, 0.25) is 0 Å². The van der Waals surface area contributed by atoms with E-state index in [1.807, 2.05) is 24.3 Å². The second kappa shape index (κ2) is 8.86. The zero-order valence-electron chi connectivity index (χ0n) is 17.2. The first-order valence-electron chi connectivity index (χ1n) is 9.82. The van der Waals surface area contributed by atoms with Crippen molar-refractivity contribution in [3.05, 3.63) is 35.4 Å². The van der Waals surface area contributed by atoms with Gasteiger partial charge in [-0.1, -0.05) is 38.1 Å². The molecule has 1 aliphatic rings. The van der Waals surface area contributed by atoms with Crippen molar-refractivity contribution >= 4 is 17.7 Å². The van der Waals surface area contributed by atoms with E-state index in [0.29, 0.717) is 11.5 Å². The molecule has 0 aliphatic heterocycles. The topological polar surface area (TPSA) is 89.9 Å². The summed E-state index contributed by atoms with van der Waals surface area (Å²) >= 11 is 0. The van der Waals surface area contributed by atoms with Gasteiger partial charge in [-0.05, 0) is 37.8 Å².